The summed E-state index contributed by atoms with van der Waals surface area (Å²) in [5, 5.41) is 3.44. The summed E-state index contributed by atoms with van der Waals surface area (Å²) in [6.07, 6.45) is 2.94. The van der Waals surface area contributed by atoms with Crippen molar-refractivity contribution in [1.29, 1.82) is 0 Å². The molecule has 1 aromatic heterocycles. The number of amides is 1. The average molecular weight is 417 g/mol. The third-order valence-electron chi connectivity index (χ3n) is 4.93. The molecule has 7 heteroatoms. The van der Waals surface area contributed by atoms with Gasteiger partial charge in [-0.05, 0) is 55.3 Å². The topological polar surface area (TPSA) is 57.7 Å². The van der Waals surface area contributed by atoms with Gasteiger partial charge in [0.1, 0.15) is 11.6 Å². The van der Waals surface area contributed by atoms with Gasteiger partial charge in [0, 0.05) is 31.2 Å². The molecule has 0 aliphatic carbocycles. The van der Waals surface area contributed by atoms with E-state index in [4.69, 9.17) is 16.3 Å². The number of rotatable bonds is 8. The maximum Gasteiger partial charge on any atom is 0.262 e. The molecule has 3 rings (SSSR count). The lowest BCUT2D eigenvalue weighted by Crippen LogP contribution is -2.47. The molecule has 1 amide bonds. The first kappa shape index (κ1) is 21.4. The number of nitrogens with zero attached hydrogens (tertiary/aromatic N) is 3. The highest BCUT2D eigenvalue weighted by molar-refractivity contribution is 6.30. The SMILES string of the molecule is CC(C)CCN1CCN(c2ccc(NC(=O)COc3ccc(Cl)cc3)cn2)CC1. The number of anilines is 2. The predicted molar refractivity (Wildman–Crippen MR) is 118 cm³/mol. The number of hydrogen-bond acceptors (Lipinski definition) is 5. The van der Waals surface area contributed by atoms with Crippen molar-refractivity contribution in [2.45, 2.75) is 20.3 Å². The van der Waals surface area contributed by atoms with Crippen molar-refractivity contribution in [3.05, 3.63) is 47.6 Å². The van der Waals surface area contributed by atoms with Crippen LogP contribution < -0.4 is 15.0 Å². The summed E-state index contributed by atoms with van der Waals surface area (Å²) in [6.45, 7) is 9.72. The smallest absolute Gasteiger partial charge is 0.262 e. The molecular formula is C22H29ClN4O2. The minimum absolute atomic E-state index is 0.0677. The molecule has 2 heterocycles. The lowest BCUT2D eigenvalue weighted by atomic mass is 10.1. The number of hydrogen-bond donors (Lipinski definition) is 1. The fourth-order valence-corrected chi connectivity index (χ4v) is 3.29. The summed E-state index contributed by atoms with van der Waals surface area (Å²) < 4.78 is 5.45. The molecule has 0 bridgehead atoms. The Kier molecular flexibility index (Phi) is 7.72. The number of pyridine rings is 1. The van der Waals surface area contributed by atoms with Crippen LogP contribution in [0.2, 0.25) is 5.02 Å². The van der Waals surface area contributed by atoms with Gasteiger partial charge in [-0.25, -0.2) is 4.98 Å². The first-order valence-corrected chi connectivity index (χ1v) is 10.5. The molecule has 1 saturated heterocycles. The molecule has 1 aromatic carbocycles. The second-order valence-electron chi connectivity index (χ2n) is 7.71. The molecule has 0 saturated carbocycles. The van der Waals surface area contributed by atoms with Gasteiger partial charge in [-0.1, -0.05) is 25.4 Å². The number of nitrogens with one attached hydrogen (secondary N) is 1. The normalized spacial score (nSPS) is 14.8. The number of benzene rings is 1. The molecular weight excluding hydrogens is 388 g/mol. The number of carbonyl (C=O) groups excluding carboxylic acids is 1. The largest absolute Gasteiger partial charge is 0.484 e. The molecule has 2 aromatic rings. The van der Waals surface area contributed by atoms with E-state index in [1.807, 2.05) is 12.1 Å². The van der Waals surface area contributed by atoms with Crippen molar-refractivity contribution in [3.63, 3.8) is 0 Å². The molecule has 1 fully saturated rings. The van der Waals surface area contributed by atoms with Crippen molar-refractivity contribution < 1.29 is 9.53 Å². The van der Waals surface area contributed by atoms with Gasteiger partial charge in [-0.15, -0.1) is 0 Å². The van der Waals surface area contributed by atoms with E-state index in [1.54, 1.807) is 30.5 Å². The van der Waals surface area contributed by atoms with Crippen LogP contribution in [0.4, 0.5) is 11.5 Å². The summed E-state index contributed by atoms with van der Waals surface area (Å²) >= 11 is 5.84. The summed E-state index contributed by atoms with van der Waals surface area (Å²) in [7, 11) is 0. The van der Waals surface area contributed by atoms with Gasteiger partial charge in [0.05, 0.1) is 11.9 Å². The van der Waals surface area contributed by atoms with Crippen LogP contribution in [-0.2, 0) is 4.79 Å². The summed E-state index contributed by atoms with van der Waals surface area (Å²) in [5.74, 6) is 2.07. The van der Waals surface area contributed by atoms with E-state index in [0.29, 0.717) is 16.5 Å². The van der Waals surface area contributed by atoms with Gasteiger partial charge >= 0.3 is 0 Å². The Balaban J connectivity index is 1.43. The fraction of sp³-hybridized carbons (Fsp3) is 0.455. The van der Waals surface area contributed by atoms with E-state index in [0.717, 1.165) is 37.9 Å². The Hall–Kier alpha value is -2.31. The Morgan fingerprint density at radius 2 is 1.86 bits per heavy atom. The van der Waals surface area contributed by atoms with Crippen LogP contribution in [0.25, 0.3) is 0 Å². The first-order valence-electron chi connectivity index (χ1n) is 10.1. The molecule has 1 aliphatic heterocycles. The number of piperazine rings is 1. The van der Waals surface area contributed by atoms with Gasteiger partial charge in [0.15, 0.2) is 6.61 Å². The van der Waals surface area contributed by atoms with Crippen LogP contribution in [0.5, 0.6) is 5.75 Å². The van der Waals surface area contributed by atoms with E-state index < -0.39 is 0 Å². The summed E-state index contributed by atoms with van der Waals surface area (Å²) in [5.41, 5.74) is 0.661. The zero-order valence-electron chi connectivity index (χ0n) is 17.1. The molecule has 6 nitrogen and oxygen atoms in total. The van der Waals surface area contributed by atoms with Crippen LogP contribution in [0, 0.1) is 5.92 Å². The van der Waals surface area contributed by atoms with Crippen molar-refractivity contribution >= 4 is 29.0 Å². The first-order chi connectivity index (χ1) is 14.0. The van der Waals surface area contributed by atoms with Gasteiger partial charge in [0.25, 0.3) is 5.91 Å². The van der Waals surface area contributed by atoms with Gasteiger partial charge < -0.3 is 15.0 Å². The molecule has 1 aliphatic rings. The lowest BCUT2D eigenvalue weighted by molar-refractivity contribution is -0.118. The molecule has 0 radical (unpaired) electrons. The van der Waals surface area contributed by atoms with Crippen LogP contribution in [0.3, 0.4) is 0 Å². The van der Waals surface area contributed by atoms with Gasteiger partial charge in [-0.3, -0.25) is 9.69 Å². The van der Waals surface area contributed by atoms with Crippen LogP contribution in [0.15, 0.2) is 42.6 Å². The van der Waals surface area contributed by atoms with Crippen LogP contribution >= 0.6 is 11.6 Å². The predicted octanol–water partition coefficient (Wildman–Crippen LogP) is 3.92. The molecule has 1 N–H and O–H groups in total. The minimum atomic E-state index is -0.228. The summed E-state index contributed by atoms with van der Waals surface area (Å²) in [4.78, 5) is 21.4. The molecule has 0 unspecified atom stereocenters. The van der Waals surface area contributed by atoms with Gasteiger partial charge in [-0.2, -0.15) is 0 Å². The van der Waals surface area contributed by atoms with E-state index in [-0.39, 0.29) is 12.5 Å². The minimum Gasteiger partial charge on any atom is -0.484 e. The average Bonchev–Trinajstić information content (AvgIpc) is 2.73. The zero-order valence-corrected chi connectivity index (χ0v) is 17.9. The van der Waals surface area contributed by atoms with Crippen molar-refractivity contribution in [3.8, 4) is 5.75 Å². The van der Waals surface area contributed by atoms with Crippen molar-refractivity contribution in [1.82, 2.24) is 9.88 Å². The molecule has 156 valence electrons. The van der Waals surface area contributed by atoms with E-state index in [9.17, 15) is 4.79 Å². The fourth-order valence-electron chi connectivity index (χ4n) is 3.17. The van der Waals surface area contributed by atoms with Crippen molar-refractivity contribution in [2.24, 2.45) is 5.92 Å². The zero-order chi connectivity index (χ0) is 20.6. The van der Waals surface area contributed by atoms with Crippen molar-refractivity contribution in [2.75, 3.05) is 49.5 Å². The maximum atomic E-state index is 12.1. The second kappa shape index (κ2) is 10.5. The molecule has 0 atom stereocenters. The second-order valence-corrected chi connectivity index (χ2v) is 8.14. The van der Waals surface area contributed by atoms with Crippen LogP contribution in [0.1, 0.15) is 20.3 Å². The lowest BCUT2D eigenvalue weighted by Gasteiger charge is -2.35. The Bertz CT molecular complexity index is 772. The third-order valence-corrected chi connectivity index (χ3v) is 5.19. The highest BCUT2D eigenvalue weighted by atomic mass is 35.5. The molecule has 0 spiro atoms. The Morgan fingerprint density at radius 1 is 1.14 bits per heavy atom. The summed E-state index contributed by atoms with van der Waals surface area (Å²) in [6, 6.07) is 10.7. The number of aromatic nitrogens is 1. The number of carbonyl (C=O) groups is 1. The molecule has 29 heavy (non-hydrogen) atoms. The highest BCUT2D eigenvalue weighted by Crippen LogP contribution is 2.18. The maximum absolute atomic E-state index is 12.1. The number of halogens is 1. The standard InChI is InChI=1S/C22H29ClN4O2/c1-17(2)9-10-26-11-13-27(14-12-26)21-8-5-19(15-24-21)25-22(28)16-29-20-6-3-18(23)4-7-20/h3-8,15,17H,9-14,16H2,1-2H3,(H,25,28). The quantitative estimate of drug-likeness (QED) is 0.706. The van der Waals surface area contributed by atoms with E-state index in [1.165, 1.54) is 13.0 Å². The Labute approximate surface area is 177 Å². The van der Waals surface area contributed by atoms with E-state index >= 15 is 0 Å². The van der Waals surface area contributed by atoms with E-state index in [2.05, 4.69) is 33.9 Å². The third kappa shape index (κ3) is 6.91. The van der Waals surface area contributed by atoms with Crippen LogP contribution in [-0.4, -0.2) is 55.1 Å². The Morgan fingerprint density at radius 3 is 2.48 bits per heavy atom. The highest BCUT2D eigenvalue weighted by Gasteiger charge is 2.18. The van der Waals surface area contributed by atoms with Gasteiger partial charge in [0.2, 0.25) is 0 Å². The number of ether oxygens (including phenoxy) is 1. The monoisotopic (exact) mass is 416 g/mol.